The third-order valence-electron chi connectivity index (χ3n) is 2.78. The summed E-state index contributed by atoms with van der Waals surface area (Å²) in [7, 11) is 1.61. The number of benzene rings is 1. The van der Waals surface area contributed by atoms with Crippen LogP contribution < -0.4 is 5.32 Å². The zero-order chi connectivity index (χ0) is 12.6. The number of alkyl halides is 3. The van der Waals surface area contributed by atoms with Crippen LogP contribution in [0, 0.1) is 5.82 Å². The van der Waals surface area contributed by atoms with Crippen LogP contribution in [0.5, 0.6) is 0 Å². The number of halogens is 4. The molecule has 0 amide bonds. The van der Waals surface area contributed by atoms with Crippen LogP contribution in [0.4, 0.5) is 17.6 Å². The van der Waals surface area contributed by atoms with Gasteiger partial charge in [0.05, 0.1) is 24.8 Å². The van der Waals surface area contributed by atoms with E-state index in [1.54, 1.807) is 7.05 Å². The second kappa shape index (κ2) is 4.27. The van der Waals surface area contributed by atoms with E-state index >= 15 is 0 Å². The summed E-state index contributed by atoms with van der Waals surface area (Å²) in [5, 5.41) is 2.81. The Hall–Kier alpha value is -1.14. The topological polar surface area (TPSA) is 21.3 Å². The van der Waals surface area contributed by atoms with E-state index in [0.29, 0.717) is 6.07 Å². The quantitative estimate of drug-likeness (QED) is 0.772. The lowest BCUT2D eigenvalue weighted by molar-refractivity contribution is -0.137. The van der Waals surface area contributed by atoms with Crippen LogP contribution in [0.15, 0.2) is 12.1 Å². The number of fused-ring (bicyclic) bond motifs is 1. The molecule has 0 saturated heterocycles. The van der Waals surface area contributed by atoms with Crippen molar-refractivity contribution in [3.8, 4) is 0 Å². The molecule has 0 aromatic heterocycles. The van der Waals surface area contributed by atoms with E-state index < -0.39 is 23.6 Å². The lowest BCUT2D eigenvalue weighted by Crippen LogP contribution is -2.28. The number of likely N-dealkylation sites (N-methyl/N-ethyl adjacent to an activating group) is 1. The maximum absolute atomic E-state index is 13.7. The highest BCUT2D eigenvalue weighted by atomic mass is 19.4. The summed E-state index contributed by atoms with van der Waals surface area (Å²) in [6.07, 6.45) is -4.54. The van der Waals surface area contributed by atoms with Crippen molar-refractivity contribution in [3.05, 3.63) is 34.6 Å². The first kappa shape index (κ1) is 12.3. The number of nitrogens with one attached hydrogen (secondary N) is 1. The van der Waals surface area contributed by atoms with E-state index in [1.165, 1.54) is 0 Å². The molecule has 1 aromatic rings. The first-order chi connectivity index (χ1) is 7.93. The molecule has 1 aliphatic rings. The van der Waals surface area contributed by atoms with Gasteiger partial charge >= 0.3 is 6.18 Å². The van der Waals surface area contributed by atoms with E-state index in [-0.39, 0.29) is 24.3 Å². The van der Waals surface area contributed by atoms with Gasteiger partial charge in [0.15, 0.2) is 0 Å². The van der Waals surface area contributed by atoms with Crippen molar-refractivity contribution in [1.82, 2.24) is 5.32 Å². The predicted molar refractivity (Wildman–Crippen MR) is 52.9 cm³/mol. The summed E-state index contributed by atoms with van der Waals surface area (Å²) in [5.74, 6) is -0.836. The van der Waals surface area contributed by atoms with Gasteiger partial charge in [-0.3, -0.25) is 0 Å². The number of ether oxygens (including phenoxy) is 1. The molecule has 0 radical (unpaired) electrons. The summed E-state index contributed by atoms with van der Waals surface area (Å²) in [6.45, 7) is 0.264. The minimum atomic E-state index is -4.54. The molecule has 0 unspecified atom stereocenters. The Morgan fingerprint density at radius 2 is 2.06 bits per heavy atom. The third kappa shape index (κ3) is 2.28. The van der Waals surface area contributed by atoms with Crippen molar-refractivity contribution in [2.24, 2.45) is 0 Å². The standard InChI is InChI=1S/C11H11F4NO/c1-16-9-5-17-4-6-2-7(11(13,14)15)3-8(12)10(6)9/h2-3,9,16H,4-5H2,1H3/t9-/m1/s1. The second-order valence-corrected chi connectivity index (χ2v) is 3.89. The van der Waals surface area contributed by atoms with Gasteiger partial charge in [-0.25, -0.2) is 4.39 Å². The Labute approximate surface area is 95.6 Å². The Balaban J connectivity index is 2.51. The van der Waals surface area contributed by atoms with E-state index in [4.69, 9.17) is 4.74 Å². The molecule has 94 valence electrons. The van der Waals surface area contributed by atoms with Gasteiger partial charge in [0.25, 0.3) is 0 Å². The van der Waals surface area contributed by atoms with Gasteiger partial charge < -0.3 is 10.1 Å². The average Bonchev–Trinajstić information content (AvgIpc) is 2.26. The Kier molecular flexibility index (Phi) is 3.09. The van der Waals surface area contributed by atoms with Gasteiger partial charge in [0.2, 0.25) is 0 Å². The van der Waals surface area contributed by atoms with Crippen LogP contribution in [0.3, 0.4) is 0 Å². The van der Waals surface area contributed by atoms with Gasteiger partial charge in [0, 0.05) is 5.56 Å². The highest BCUT2D eigenvalue weighted by molar-refractivity contribution is 5.37. The molecule has 1 heterocycles. The van der Waals surface area contributed by atoms with Crippen molar-refractivity contribution in [2.75, 3.05) is 13.7 Å². The fourth-order valence-electron chi connectivity index (χ4n) is 1.95. The number of hydrogen-bond acceptors (Lipinski definition) is 2. The Morgan fingerprint density at radius 1 is 1.35 bits per heavy atom. The summed E-state index contributed by atoms with van der Waals surface area (Å²) >= 11 is 0. The third-order valence-corrected chi connectivity index (χ3v) is 2.78. The summed E-state index contributed by atoms with van der Waals surface area (Å²) in [5.41, 5.74) is -0.455. The minimum Gasteiger partial charge on any atom is -0.375 e. The van der Waals surface area contributed by atoms with E-state index in [9.17, 15) is 17.6 Å². The number of rotatable bonds is 1. The molecule has 0 spiro atoms. The molecule has 1 atom stereocenters. The molecular weight excluding hydrogens is 238 g/mol. The zero-order valence-electron chi connectivity index (χ0n) is 9.07. The Bertz CT molecular complexity index is 430. The first-order valence-corrected chi connectivity index (χ1v) is 5.08. The van der Waals surface area contributed by atoms with Gasteiger partial charge in [-0.15, -0.1) is 0 Å². The molecule has 1 N–H and O–H groups in total. The Morgan fingerprint density at radius 3 is 2.65 bits per heavy atom. The summed E-state index contributed by atoms with van der Waals surface area (Å²) in [4.78, 5) is 0. The van der Waals surface area contributed by atoms with Crippen LogP contribution in [0.1, 0.15) is 22.7 Å². The van der Waals surface area contributed by atoms with Crippen molar-refractivity contribution in [3.63, 3.8) is 0 Å². The molecule has 2 rings (SSSR count). The molecule has 6 heteroatoms. The van der Waals surface area contributed by atoms with Gasteiger partial charge in [-0.2, -0.15) is 13.2 Å². The predicted octanol–water partition coefficient (Wildman–Crippen LogP) is 2.64. The lowest BCUT2D eigenvalue weighted by Gasteiger charge is -2.26. The SMILES string of the molecule is CN[C@@H]1COCc2cc(C(F)(F)F)cc(F)c21. The fourth-order valence-corrected chi connectivity index (χ4v) is 1.95. The van der Waals surface area contributed by atoms with Crippen molar-refractivity contribution >= 4 is 0 Å². The first-order valence-electron chi connectivity index (χ1n) is 5.08. The summed E-state index contributed by atoms with van der Waals surface area (Å²) in [6, 6.07) is 1.08. The highest BCUT2D eigenvalue weighted by Gasteiger charge is 2.34. The molecule has 1 aliphatic heterocycles. The second-order valence-electron chi connectivity index (χ2n) is 3.89. The maximum Gasteiger partial charge on any atom is 0.416 e. The molecular formula is C11H11F4NO. The van der Waals surface area contributed by atoms with Gasteiger partial charge in [-0.05, 0) is 24.7 Å². The molecule has 1 aromatic carbocycles. The molecule has 0 fully saturated rings. The van der Waals surface area contributed by atoms with Crippen LogP contribution >= 0.6 is 0 Å². The van der Waals surface area contributed by atoms with Crippen LogP contribution in [-0.4, -0.2) is 13.7 Å². The largest absolute Gasteiger partial charge is 0.416 e. The minimum absolute atomic E-state index is 0.00829. The number of hydrogen-bond donors (Lipinski definition) is 1. The zero-order valence-corrected chi connectivity index (χ0v) is 9.07. The molecule has 0 aliphatic carbocycles. The monoisotopic (exact) mass is 249 g/mol. The summed E-state index contributed by atoms with van der Waals surface area (Å²) < 4.78 is 56.3. The maximum atomic E-state index is 13.7. The van der Waals surface area contributed by atoms with Gasteiger partial charge in [-0.1, -0.05) is 0 Å². The van der Waals surface area contributed by atoms with Crippen molar-refractivity contribution < 1.29 is 22.3 Å². The highest BCUT2D eigenvalue weighted by Crippen LogP contribution is 2.35. The van der Waals surface area contributed by atoms with Crippen LogP contribution in [0.2, 0.25) is 0 Å². The lowest BCUT2D eigenvalue weighted by atomic mass is 9.96. The molecule has 0 saturated carbocycles. The molecule has 2 nitrogen and oxygen atoms in total. The van der Waals surface area contributed by atoms with E-state index in [1.807, 2.05) is 0 Å². The van der Waals surface area contributed by atoms with Crippen LogP contribution in [0.25, 0.3) is 0 Å². The van der Waals surface area contributed by atoms with Crippen molar-refractivity contribution in [1.29, 1.82) is 0 Å². The fraction of sp³-hybridized carbons (Fsp3) is 0.455. The molecule has 0 bridgehead atoms. The smallest absolute Gasteiger partial charge is 0.375 e. The average molecular weight is 249 g/mol. The van der Waals surface area contributed by atoms with E-state index in [0.717, 1.165) is 6.07 Å². The van der Waals surface area contributed by atoms with Crippen molar-refractivity contribution in [2.45, 2.75) is 18.8 Å². The normalized spacial score (nSPS) is 20.2. The van der Waals surface area contributed by atoms with E-state index in [2.05, 4.69) is 5.32 Å². The van der Waals surface area contributed by atoms with Crippen LogP contribution in [-0.2, 0) is 17.5 Å². The molecule has 17 heavy (non-hydrogen) atoms. The van der Waals surface area contributed by atoms with Gasteiger partial charge in [0.1, 0.15) is 5.82 Å².